The molecule has 0 aliphatic heterocycles. The number of nitrogens with zero attached hydrogens (tertiary/aromatic N) is 3. The first kappa shape index (κ1) is 26.9. The zero-order valence-corrected chi connectivity index (χ0v) is 22.1. The van der Waals surface area contributed by atoms with E-state index in [9.17, 15) is 9.59 Å². The summed E-state index contributed by atoms with van der Waals surface area (Å²) in [7, 11) is 1.64. The number of nitrogens with one attached hydrogen (secondary N) is 1. The van der Waals surface area contributed by atoms with Gasteiger partial charge in [0, 0.05) is 23.9 Å². The van der Waals surface area contributed by atoms with Gasteiger partial charge in [-0.3, -0.25) is 9.59 Å². The second kappa shape index (κ2) is 12.4. The predicted octanol–water partition coefficient (Wildman–Crippen LogP) is 5.23. The number of carbonyl (C=O) groups excluding carboxylic acids is 2. The number of methoxy groups -OCH3 is 1. The molecule has 0 unspecified atom stereocenters. The number of benzene rings is 1. The smallest absolute Gasteiger partial charge is 0.309 e. The van der Waals surface area contributed by atoms with Crippen LogP contribution in [0.5, 0.6) is 5.75 Å². The van der Waals surface area contributed by atoms with Gasteiger partial charge in [-0.05, 0) is 62.8 Å². The van der Waals surface area contributed by atoms with E-state index in [1.165, 1.54) is 0 Å². The number of hydrogen-bond donors (Lipinski definition) is 1. The zero-order valence-electron chi connectivity index (χ0n) is 22.1. The number of ether oxygens (including phenoxy) is 2. The second-order valence-electron chi connectivity index (χ2n) is 9.49. The number of amides is 1. The van der Waals surface area contributed by atoms with Gasteiger partial charge in [0.2, 0.25) is 0 Å². The predicted molar refractivity (Wildman–Crippen MR) is 147 cm³/mol. The van der Waals surface area contributed by atoms with Gasteiger partial charge in [-0.15, -0.1) is 0 Å². The molecule has 38 heavy (non-hydrogen) atoms. The molecule has 2 aromatic heterocycles. The maximum Gasteiger partial charge on any atom is 0.309 e. The van der Waals surface area contributed by atoms with Crippen molar-refractivity contribution < 1.29 is 19.1 Å². The summed E-state index contributed by atoms with van der Waals surface area (Å²) in [5.41, 5.74) is 4.39. The van der Waals surface area contributed by atoms with Crippen molar-refractivity contribution in [1.29, 1.82) is 0 Å². The van der Waals surface area contributed by atoms with Crippen LogP contribution in [0.2, 0.25) is 0 Å². The minimum absolute atomic E-state index is 0.0242. The summed E-state index contributed by atoms with van der Waals surface area (Å²) in [5.74, 6) is 0.160. The van der Waals surface area contributed by atoms with E-state index in [1.54, 1.807) is 23.9 Å². The van der Waals surface area contributed by atoms with Crippen LogP contribution < -0.4 is 10.1 Å². The first-order valence-corrected chi connectivity index (χ1v) is 12.8. The number of fused-ring (bicyclic) bond motifs is 1. The molecule has 0 radical (unpaired) electrons. The molecule has 3 aromatic rings. The maximum absolute atomic E-state index is 13.0. The van der Waals surface area contributed by atoms with Crippen LogP contribution in [0.3, 0.4) is 0 Å². The average molecular weight is 515 g/mol. The average Bonchev–Trinajstić information content (AvgIpc) is 3.37. The summed E-state index contributed by atoms with van der Waals surface area (Å²) in [4.78, 5) is 29.9. The summed E-state index contributed by atoms with van der Waals surface area (Å²) >= 11 is 0. The normalized spacial score (nSPS) is 17.7. The van der Waals surface area contributed by atoms with Crippen molar-refractivity contribution in [2.24, 2.45) is 5.92 Å². The minimum Gasteiger partial charge on any atom is -0.496 e. The van der Waals surface area contributed by atoms with E-state index in [1.807, 2.05) is 62.4 Å². The van der Waals surface area contributed by atoms with Crippen LogP contribution in [0.25, 0.3) is 16.9 Å². The summed E-state index contributed by atoms with van der Waals surface area (Å²) in [6.07, 6.45) is 11.9. The van der Waals surface area contributed by atoms with Gasteiger partial charge in [0.25, 0.3) is 5.91 Å². The molecule has 2 heterocycles. The third-order valence-electron chi connectivity index (χ3n) is 6.73. The SMILES string of the molecule is C=C(/C=C\C=C/C)COC(=O)C1CCC(NC(=O)c2cc3nccc(-c4ccc(C)c(OC)c4)n3n2)CC1. The number of allylic oxidation sites excluding steroid dienone is 3. The molecule has 1 N–H and O–H groups in total. The van der Waals surface area contributed by atoms with E-state index >= 15 is 0 Å². The molecule has 4 rings (SSSR count). The lowest BCUT2D eigenvalue weighted by atomic mass is 9.86. The first-order chi connectivity index (χ1) is 18.4. The fraction of sp³-hybridized carbons (Fsp3) is 0.333. The molecule has 8 heteroatoms. The standard InChI is InChI=1S/C30H34N4O4/c1-5-6-7-8-20(2)19-38-30(36)22-11-13-24(14-12-22)32-29(35)25-18-28-31-16-15-26(34(28)33-25)23-10-9-21(3)27(17-23)37-4/h5-10,15-18,22,24H,2,11-14,19H2,1,3-4H3,(H,32,35)/b6-5-,8-7-. The van der Waals surface area contributed by atoms with Crippen molar-refractivity contribution in [3.63, 3.8) is 0 Å². The van der Waals surface area contributed by atoms with E-state index < -0.39 is 0 Å². The second-order valence-corrected chi connectivity index (χ2v) is 9.49. The van der Waals surface area contributed by atoms with Gasteiger partial charge in [0.05, 0.1) is 18.7 Å². The maximum atomic E-state index is 13.0. The lowest BCUT2D eigenvalue weighted by molar-refractivity contribution is -0.148. The van der Waals surface area contributed by atoms with Crippen molar-refractivity contribution >= 4 is 17.5 Å². The Morgan fingerprint density at radius 2 is 1.95 bits per heavy atom. The van der Waals surface area contributed by atoms with E-state index in [0.29, 0.717) is 37.0 Å². The molecule has 198 valence electrons. The number of rotatable bonds is 9. The van der Waals surface area contributed by atoms with Crippen LogP contribution in [0, 0.1) is 12.8 Å². The Balaban J connectivity index is 1.35. The Labute approximate surface area is 223 Å². The molecule has 8 nitrogen and oxygen atoms in total. The van der Waals surface area contributed by atoms with Gasteiger partial charge in [0.15, 0.2) is 11.3 Å². The van der Waals surface area contributed by atoms with Gasteiger partial charge in [-0.2, -0.15) is 5.10 Å². The third kappa shape index (κ3) is 6.37. The molecule has 1 saturated carbocycles. The van der Waals surface area contributed by atoms with Crippen LogP contribution in [0.15, 0.2) is 73.0 Å². The van der Waals surface area contributed by atoms with Gasteiger partial charge in [-0.25, -0.2) is 9.50 Å². The van der Waals surface area contributed by atoms with E-state index in [2.05, 4.69) is 22.0 Å². The number of aromatic nitrogens is 3. The molecule has 1 aliphatic carbocycles. The van der Waals surface area contributed by atoms with Gasteiger partial charge in [0.1, 0.15) is 12.4 Å². The van der Waals surface area contributed by atoms with Crippen LogP contribution in [0.1, 0.15) is 48.7 Å². The highest BCUT2D eigenvalue weighted by atomic mass is 16.5. The lowest BCUT2D eigenvalue weighted by Crippen LogP contribution is -2.39. The fourth-order valence-corrected chi connectivity index (χ4v) is 4.57. The van der Waals surface area contributed by atoms with E-state index in [-0.39, 0.29) is 30.4 Å². The van der Waals surface area contributed by atoms with Gasteiger partial charge in [-0.1, -0.05) is 43.0 Å². The van der Waals surface area contributed by atoms with Crippen molar-refractivity contribution in [2.45, 2.75) is 45.6 Å². The molecular formula is C30H34N4O4. The van der Waals surface area contributed by atoms with Crippen molar-refractivity contribution in [2.75, 3.05) is 13.7 Å². The Morgan fingerprint density at radius 3 is 2.68 bits per heavy atom. The Hall–Kier alpha value is -4.20. The fourth-order valence-electron chi connectivity index (χ4n) is 4.57. The van der Waals surface area contributed by atoms with Gasteiger partial charge >= 0.3 is 5.97 Å². The monoisotopic (exact) mass is 514 g/mol. The number of esters is 1. The lowest BCUT2D eigenvalue weighted by Gasteiger charge is -2.27. The molecule has 0 spiro atoms. The molecule has 0 atom stereocenters. The Morgan fingerprint density at radius 1 is 1.16 bits per heavy atom. The van der Waals surface area contributed by atoms with E-state index in [4.69, 9.17) is 9.47 Å². The van der Waals surface area contributed by atoms with Crippen LogP contribution in [-0.2, 0) is 9.53 Å². The van der Waals surface area contributed by atoms with Crippen molar-refractivity contribution in [3.05, 3.63) is 84.2 Å². The van der Waals surface area contributed by atoms with Crippen molar-refractivity contribution in [3.8, 4) is 17.0 Å². The summed E-state index contributed by atoms with van der Waals surface area (Å²) in [6, 6.07) is 9.45. The molecule has 1 fully saturated rings. The van der Waals surface area contributed by atoms with Crippen LogP contribution >= 0.6 is 0 Å². The number of hydrogen-bond acceptors (Lipinski definition) is 6. The molecule has 1 amide bonds. The van der Waals surface area contributed by atoms with Crippen LogP contribution in [-0.4, -0.2) is 46.2 Å². The highest BCUT2D eigenvalue weighted by Gasteiger charge is 2.29. The van der Waals surface area contributed by atoms with E-state index in [0.717, 1.165) is 28.1 Å². The number of carbonyl (C=O) groups is 2. The molecule has 0 bridgehead atoms. The molecule has 1 aliphatic rings. The quantitative estimate of drug-likeness (QED) is 0.310. The number of aryl methyl sites for hydroxylation is 1. The first-order valence-electron chi connectivity index (χ1n) is 12.8. The highest BCUT2D eigenvalue weighted by Crippen LogP contribution is 2.28. The minimum atomic E-state index is -0.252. The molecular weight excluding hydrogens is 480 g/mol. The molecule has 0 saturated heterocycles. The Kier molecular flexibility index (Phi) is 8.73. The third-order valence-corrected chi connectivity index (χ3v) is 6.73. The zero-order chi connectivity index (χ0) is 27.1. The largest absolute Gasteiger partial charge is 0.496 e. The summed E-state index contributed by atoms with van der Waals surface area (Å²) in [6.45, 7) is 8.00. The van der Waals surface area contributed by atoms with Crippen molar-refractivity contribution in [1.82, 2.24) is 19.9 Å². The van der Waals surface area contributed by atoms with Gasteiger partial charge < -0.3 is 14.8 Å². The molecule has 1 aromatic carbocycles. The topological polar surface area (TPSA) is 94.8 Å². The highest BCUT2D eigenvalue weighted by molar-refractivity contribution is 5.93. The summed E-state index contributed by atoms with van der Waals surface area (Å²) in [5, 5.41) is 7.63. The Bertz CT molecular complexity index is 1380. The summed E-state index contributed by atoms with van der Waals surface area (Å²) < 4.78 is 12.6. The van der Waals surface area contributed by atoms with Crippen LogP contribution in [0.4, 0.5) is 0 Å².